The summed E-state index contributed by atoms with van der Waals surface area (Å²) in [6.07, 6.45) is 3.07. The summed E-state index contributed by atoms with van der Waals surface area (Å²) in [7, 11) is 0. The summed E-state index contributed by atoms with van der Waals surface area (Å²) in [5, 5.41) is 6.84. The molecule has 3 aromatic rings. The van der Waals surface area contributed by atoms with Crippen LogP contribution in [0.25, 0.3) is 0 Å². The second kappa shape index (κ2) is 8.68. The molecule has 3 rings (SSSR count). The number of pyridine rings is 1. The molecule has 28 heavy (non-hydrogen) atoms. The van der Waals surface area contributed by atoms with Crippen LogP contribution in [-0.4, -0.2) is 22.5 Å². The largest absolute Gasteiger partial charge is 0.322 e. The van der Waals surface area contributed by atoms with Gasteiger partial charge in [-0.2, -0.15) is 5.10 Å². The highest BCUT2D eigenvalue weighted by atomic mass is 19.1. The van der Waals surface area contributed by atoms with Crippen LogP contribution in [0.3, 0.4) is 0 Å². The third kappa shape index (κ3) is 4.85. The number of halogens is 1. The predicted octanol–water partition coefficient (Wildman–Crippen LogP) is 3.63. The van der Waals surface area contributed by atoms with E-state index in [1.54, 1.807) is 49.5 Å². The van der Waals surface area contributed by atoms with Crippen molar-refractivity contribution in [2.45, 2.75) is 6.92 Å². The zero-order chi connectivity index (χ0) is 19.9. The van der Waals surface area contributed by atoms with Gasteiger partial charge in [-0.3, -0.25) is 14.6 Å². The highest BCUT2D eigenvalue weighted by molar-refractivity contribution is 6.05. The molecule has 140 valence electrons. The summed E-state index contributed by atoms with van der Waals surface area (Å²) >= 11 is 0. The van der Waals surface area contributed by atoms with Crippen LogP contribution < -0.4 is 10.7 Å². The maximum Gasteiger partial charge on any atom is 0.271 e. The van der Waals surface area contributed by atoms with E-state index in [-0.39, 0.29) is 11.5 Å². The SMILES string of the molecule is CC(=NNC(=O)c1cccc(F)c1)c1cccc(NC(=O)c2cccnc2)c1. The minimum atomic E-state index is -0.514. The number of carbonyl (C=O) groups is 2. The minimum Gasteiger partial charge on any atom is -0.322 e. The van der Waals surface area contributed by atoms with Crippen molar-refractivity contribution in [1.82, 2.24) is 10.4 Å². The molecule has 0 radical (unpaired) electrons. The smallest absolute Gasteiger partial charge is 0.271 e. The average molecular weight is 376 g/mol. The normalized spacial score (nSPS) is 11.0. The Kier molecular flexibility index (Phi) is 5.86. The van der Waals surface area contributed by atoms with Crippen molar-refractivity contribution < 1.29 is 14.0 Å². The Balaban J connectivity index is 1.69. The molecule has 0 bridgehead atoms. The highest BCUT2D eigenvalue weighted by Crippen LogP contribution is 2.13. The molecule has 0 spiro atoms. The van der Waals surface area contributed by atoms with Gasteiger partial charge in [0.25, 0.3) is 11.8 Å². The Morgan fingerprint density at radius 1 is 0.929 bits per heavy atom. The molecule has 2 aromatic carbocycles. The van der Waals surface area contributed by atoms with Gasteiger partial charge >= 0.3 is 0 Å². The Hall–Kier alpha value is -3.87. The van der Waals surface area contributed by atoms with Gasteiger partial charge in [0.2, 0.25) is 0 Å². The third-order valence-electron chi connectivity index (χ3n) is 3.87. The van der Waals surface area contributed by atoms with Gasteiger partial charge in [0, 0.05) is 23.6 Å². The molecule has 2 amide bonds. The first-order chi connectivity index (χ1) is 13.5. The lowest BCUT2D eigenvalue weighted by Gasteiger charge is -2.08. The maximum atomic E-state index is 13.2. The van der Waals surface area contributed by atoms with Crippen molar-refractivity contribution in [3.05, 3.63) is 95.6 Å². The zero-order valence-corrected chi connectivity index (χ0v) is 15.0. The molecular weight excluding hydrogens is 359 g/mol. The second-order valence-electron chi connectivity index (χ2n) is 5.93. The first-order valence-electron chi connectivity index (χ1n) is 8.45. The molecule has 7 heteroatoms. The summed E-state index contributed by atoms with van der Waals surface area (Å²) in [6, 6.07) is 15.7. The summed E-state index contributed by atoms with van der Waals surface area (Å²) in [5.41, 5.74) is 4.84. The number of anilines is 1. The van der Waals surface area contributed by atoms with Gasteiger partial charge in [0.15, 0.2) is 0 Å². The van der Waals surface area contributed by atoms with Gasteiger partial charge in [0.1, 0.15) is 5.82 Å². The van der Waals surface area contributed by atoms with Crippen molar-refractivity contribution in [2.75, 3.05) is 5.32 Å². The van der Waals surface area contributed by atoms with E-state index < -0.39 is 11.7 Å². The van der Waals surface area contributed by atoms with E-state index in [0.717, 1.165) is 6.07 Å². The van der Waals surface area contributed by atoms with Gasteiger partial charge in [-0.05, 0) is 55.0 Å². The molecule has 0 aliphatic rings. The summed E-state index contributed by atoms with van der Waals surface area (Å²) in [6.45, 7) is 1.72. The van der Waals surface area contributed by atoms with Gasteiger partial charge in [0.05, 0.1) is 11.3 Å². The van der Waals surface area contributed by atoms with E-state index in [9.17, 15) is 14.0 Å². The number of carbonyl (C=O) groups excluding carboxylic acids is 2. The van der Waals surface area contributed by atoms with Crippen LogP contribution in [0.5, 0.6) is 0 Å². The zero-order valence-electron chi connectivity index (χ0n) is 15.0. The van der Waals surface area contributed by atoms with E-state index in [4.69, 9.17) is 0 Å². The van der Waals surface area contributed by atoms with E-state index in [0.29, 0.717) is 22.5 Å². The van der Waals surface area contributed by atoms with Crippen molar-refractivity contribution in [1.29, 1.82) is 0 Å². The van der Waals surface area contributed by atoms with Gasteiger partial charge in [-0.25, -0.2) is 9.82 Å². The number of amides is 2. The molecular formula is C21H17FN4O2. The van der Waals surface area contributed by atoms with Crippen LogP contribution in [0.4, 0.5) is 10.1 Å². The lowest BCUT2D eigenvalue weighted by atomic mass is 10.1. The number of nitrogens with one attached hydrogen (secondary N) is 2. The molecule has 0 saturated carbocycles. The summed E-state index contributed by atoms with van der Waals surface area (Å²) in [5.74, 6) is -1.29. The fourth-order valence-electron chi connectivity index (χ4n) is 2.42. The standard InChI is InChI=1S/C21H17FN4O2/c1-14(25-26-21(28)16-6-2-8-18(22)11-16)15-5-3-9-19(12-15)24-20(27)17-7-4-10-23-13-17/h2-13H,1H3,(H,24,27)(H,26,28). The van der Waals surface area contributed by atoms with Crippen LogP contribution in [0.2, 0.25) is 0 Å². The van der Waals surface area contributed by atoms with Crippen LogP contribution in [0, 0.1) is 5.82 Å². The number of hydrogen-bond acceptors (Lipinski definition) is 4. The van der Waals surface area contributed by atoms with Gasteiger partial charge in [-0.15, -0.1) is 0 Å². The van der Waals surface area contributed by atoms with Crippen LogP contribution in [0.15, 0.2) is 78.2 Å². The fraction of sp³-hybridized carbons (Fsp3) is 0.0476. The van der Waals surface area contributed by atoms with E-state index >= 15 is 0 Å². The molecule has 2 N–H and O–H groups in total. The summed E-state index contributed by atoms with van der Waals surface area (Å²) in [4.78, 5) is 28.2. The Bertz CT molecular complexity index is 1040. The van der Waals surface area contributed by atoms with Crippen LogP contribution >= 0.6 is 0 Å². The first kappa shape index (κ1) is 18.9. The minimum absolute atomic E-state index is 0.175. The third-order valence-corrected chi connectivity index (χ3v) is 3.87. The topological polar surface area (TPSA) is 83.5 Å². The molecule has 0 fully saturated rings. The number of rotatable bonds is 5. The van der Waals surface area contributed by atoms with E-state index in [1.165, 1.54) is 24.4 Å². The molecule has 0 aliphatic heterocycles. The fourth-order valence-corrected chi connectivity index (χ4v) is 2.42. The number of hydrogen-bond donors (Lipinski definition) is 2. The highest BCUT2D eigenvalue weighted by Gasteiger charge is 2.08. The number of nitrogens with zero attached hydrogens (tertiary/aromatic N) is 2. The van der Waals surface area contributed by atoms with Crippen molar-refractivity contribution >= 4 is 23.2 Å². The van der Waals surface area contributed by atoms with Gasteiger partial charge in [-0.1, -0.05) is 18.2 Å². The molecule has 1 heterocycles. The summed E-state index contributed by atoms with van der Waals surface area (Å²) < 4.78 is 13.2. The molecule has 0 aliphatic carbocycles. The predicted molar refractivity (Wildman–Crippen MR) is 105 cm³/mol. The molecule has 0 atom stereocenters. The van der Waals surface area contributed by atoms with Crippen molar-refractivity contribution in [3.63, 3.8) is 0 Å². The number of aromatic nitrogens is 1. The Morgan fingerprint density at radius 2 is 1.68 bits per heavy atom. The quantitative estimate of drug-likeness (QED) is 0.527. The second-order valence-corrected chi connectivity index (χ2v) is 5.93. The monoisotopic (exact) mass is 376 g/mol. The van der Waals surface area contributed by atoms with Crippen LogP contribution in [-0.2, 0) is 0 Å². The maximum absolute atomic E-state index is 13.2. The van der Waals surface area contributed by atoms with Gasteiger partial charge < -0.3 is 5.32 Å². The van der Waals surface area contributed by atoms with E-state index in [2.05, 4.69) is 20.8 Å². The average Bonchev–Trinajstić information content (AvgIpc) is 2.72. The number of benzene rings is 2. The molecule has 0 saturated heterocycles. The lowest BCUT2D eigenvalue weighted by molar-refractivity contribution is 0.0953. The van der Waals surface area contributed by atoms with Crippen LogP contribution in [0.1, 0.15) is 33.2 Å². The van der Waals surface area contributed by atoms with Crippen molar-refractivity contribution in [2.24, 2.45) is 5.10 Å². The lowest BCUT2D eigenvalue weighted by Crippen LogP contribution is -2.19. The first-order valence-corrected chi connectivity index (χ1v) is 8.45. The molecule has 1 aromatic heterocycles. The van der Waals surface area contributed by atoms with Crippen molar-refractivity contribution in [3.8, 4) is 0 Å². The van der Waals surface area contributed by atoms with E-state index in [1.807, 2.05) is 0 Å². The Morgan fingerprint density at radius 3 is 2.43 bits per heavy atom. The number of hydrazone groups is 1. The molecule has 6 nitrogen and oxygen atoms in total. The Labute approximate surface area is 161 Å². The molecule has 0 unspecified atom stereocenters.